The highest BCUT2D eigenvalue weighted by Gasteiger charge is 2.10. The van der Waals surface area contributed by atoms with Gasteiger partial charge in [-0.2, -0.15) is 11.8 Å². The van der Waals surface area contributed by atoms with Gasteiger partial charge < -0.3 is 10.2 Å². The van der Waals surface area contributed by atoms with Crippen molar-refractivity contribution in [1.29, 1.82) is 0 Å². The van der Waals surface area contributed by atoms with Gasteiger partial charge in [0.25, 0.3) is 0 Å². The van der Waals surface area contributed by atoms with E-state index < -0.39 is 0 Å². The number of benzene rings is 1. The van der Waals surface area contributed by atoms with Crippen molar-refractivity contribution in [3.63, 3.8) is 0 Å². The zero-order chi connectivity index (χ0) is 14.3. The maximum Gasteiger partial charge on any atom is 0.0471 e. The SMILES string of the molecule is CSCCN(C)c1cccc(Cl)c1CNCC(C)C. The smallest absolute Gasteiger partial charge is 0.0471 e. The zero-order valence-electron chi connectivity index (χ0n) is 12.4. The van der Waals surface area contributed by atoms with Gasteiger partial charge in [-0.15, -0.1) is 0 Å². The van der Waals surface area contributed by atoms with Crippen molar-refractivity contribution in [3.05, 3.63) is 28.8 Å². The molecule has 0 aliphatic heterocycles. The molecule has 2 nitrogen and oxygen atoms in total. The van der Waals surface area contributed by atoms with E-state index in [0.29, 0.717) is 5.92 Å². The summed E-state index contributed by atoms with van der Waals surface area (Å²) in [4.78, 5) is 2.29. The summed E-state index contributed by atoms with van der Waals surface area (Å²) in [6.45, 7) is 7.31. The van der Waals surface area contributed by atoms with E-state index in [-0.39, 0.29) is 0 Å². The maximum absolute atomic E-state index is 6.35. The van der Waals surface area contributed by atoms with Crippen LogP contribution < -0.4 is 10.2 Å². The summed E-state index contributed by atoms with van der Waals surface area (Å²) in [5.74, 6) is 1.78. The Balaban J connectivity index is 2.76. The van der Waals surface area contributed by atoms with Gasteiger partial charge in [0.2, 0.25) is 0 Å². The van der Waals surface area contributed by atoms with Gasteiger partial charge >= 0.3 is 0 Å². The standard InChI is InChI=1S/C15H25ClN2S/c1-12(2)10-17-11-13-14(16)6-5-7-15(13)18(3)8-9-19-4/h5-7,12,17H,8-11H2,1-4H3. The molecule has 0 aliphatic carbocycles. The first-order valence-electron chi connectivity index (χ1n) is 6.74. The molecule has 0 aromatic heterocycles. The van der Waals surface area contributed by atoms with Gasteiger partial charge in [-0.25, -0.2) is 0 Å². The van der Waals surface area contributed by atoms with Crippen molar-refractivity contribution in [3.8, 4) is 0 Å². The normalized spacial score (nSPS) is 11.1. The lowest BCUT2D eigenvalue weighted by Gasteiger charge is -2.23. The highest BCUT2D eigenvalue weighted by molar-refractivity contribution is 7.98. The van der Waals surface area contributed by atoms with Crippen molar-refractivity contribution < 1.29 is 0 Å². The molecule has 0 aliphatic rings. The lowest BCUT2D eigenvalue weighted by atomic mass is 10.1. The molecule has 4 heteroatoms. The Labute approximate surface area is 126 Å². The number of hydrogen-bond acceptors (Lipinski definition) is 3. The third-order valence-electron chi connectivity index (χ3n) is 2.99. The Morgan fingerprint density at radius 2 is 2.11 bits per heavy atom. The molecule has 0 spiro atoms. The number of nitrogens with one attached hydrogen (secondary N) is 1. The Hall–Kier alpha value is -0.380. The molecule has 0 bridgehead atoms. The fraction of sp³-hybridized carbons (Fsp3) is 0.600. The molecule has 0 saturated carbocycles. The van der Waals surface area contributed by atoms with Crippen LogP contribution in [-0.2, 0) is 6.54 Å². The summed E-state index contributed by atoms with van der Waals surface area (Å²) in [6, 6.07) is 6.15. The third-order valence-corrected chi connectivity index (χ3v) is 3.94. The number of hydrogen-bond donors (Lipinski definition) is 1. The van der Waals surface area contributed by atoms with E-state index in [9.17, 15) is 0 Å². The molecular formula is C15H25ClN2S. The molecule has 1 rings (SSSR count). The molecule has 0 unspecified atom stereocenters. The minimum absolute atomic E-state index is 0.653. The van der Waals surface area contributed by atoms with E-state index in [1.807, 2.05) is 23.9 Å². The molecule has 19 heavy (non-hydrogen) atoms. The number of nitrogens with zero attached hydrogens (tertiary/aromatic N) is 1. The Kier molecular flexibility index (Phi) is 7.66. The third kappa shape index (κ3) is 5.64. The van der Waals surface area contributed by atoms with E-state index in [0.717, 1.165) is 30.4 Å². The van der Waals surface area contributed by atoms with Gasteiger partial charge in [0, 0.05) is 42.2 Å². The molecule has 108 valence electrons. The maximum atomic E-state index is 6.35. The van der Waals surface area contributed by atoms with E-state index in [4.69, 9.17) is 11.6 Å². The molecular weight excluding hydrogens is 276 g/mol. The summed E-state index contributed by atoms with van der Waals surface area (Å²) in [5.41, 5.74) is 2.44. The van der Waals surface area contributed by atoms with Crippen LogP contribution in [0.4, 0.5) is 5.69 Å². The minimum Gasteiger partial charge on any atom is -0.373 e. The molecule has 0 fully saturated rings. The fourth-order valence-corrected chi connectivity index (χ4v) is 2.61. The van der Waals surface area contributed by atoms with Gasteiger partial charge in [-0.1, -0.05) is 31.5 Å². The first-order chi connectivity index (χ1) is 9.06. The summed E-state index contributed by atoms with van der Waals surface area (Å²) >= 11 is 8.22. The summed E-state index contributed by atoms with van der Waals surface area (Å²) in [6.07, 6.45) is 2.14. The van der Waals surface area contributed by atoms with Crippen LogP contribution in [0.5, 0.6) is 0 Å². The average Bonchev–Trinajstić information content (AvgIpc) is 2.37. The Morgan fingerprint density at radius 1 is 1.37 bits per heavy atom. The van der Waals surface area contributed by atoms with Gasteiger partial charge in [0.15, 0.2) is 0 Å². The van der Waals surface area contributed by atoms with E-state index >= 15 is 0 Å². The largest absolute Gasteiger partial charge is 0.373 e. The second-order valence-corrected chi connectivity index (χ2v) is 6.57. The van der Waals surface area contributed by atoms with Crippen LogP contribution in [0.15, 0.2) is 18.2 Å². The average molecular weight is 301 g/mol. The highest BCUT2D eigenvalue weighted by Crippen LogP contribution is 2.27. The molecule has 1 aromatic rings. The van der Waals surface area contributed by atoms with Crippen molar-refractivity contribution >= 4 is 29.1 Å². The van der Waals surface area contributed by atoms with Crippen LogP contribution in [0, 0.1) is 5.92 Å². The van der Waals surface area contributed by atoms with E-state index in [1.165, 1.54) is 11.3 Å². The van der Waals surface area contributed by atoms with Gasteiger partial charge in [-0.05, 0) is 30.9 Å². The van der Waals surface area contributed by atoms with Crippen LogP contribution in [0.2, 0.25) is 5.02 Å². The fourth-order valence-electron chi connectivity index (χ4n) is 1.91. The van der Waals surface area contributed by atoms with Gasteiger partial charge in [0.1, 0.15) is 0 Å². The monoisotopic (exact) mass is 300 g/mol. The summed E-state index contributed by atoms with van der Waals surface area (Å²) < 4.78 is 0. The van der Waals surface area contributed by atoms with Gasteiger partial charge in [0.05, 0.1) is 0 Å². The van der Waals surface area contributed by atoms with Crippen molar-refractivity contribution in [1.82, 2.24) is 5.32 Å². The first-order valence-corrected chi connectivity index (χ1v) is 8.51. The summed E-state index contributed by atoms with van der Waals surface area (Å²) in [7, 11) is 2.13. The molecule has 1 aromatic carbocycles. The Morgan fingerprint density at radius 3 is 2.74 bits per heavy atom. The van der Waals surface area contributed by atoms with Crippen LogP contribution in [0.25, 0.3) is 0 Å². The van der Waals surface area contributed by atoms with Crippen molar-refractivity contribution in [2.45, 2.75) is 20.4 Å². The van der Waals surface area contributed by atoms with Gasteiger partial charge in [-0.3, -0.25) is 0 Å². The van der Waals surface area contributed by atoms with Crippen LogP contribution in [0.3, 0.4) is 0 Å². The first kappa shape index (κ1) is 16.7. The van der Waals surface area contributed by atoms with Crippen molar-refractivity contribution in [2.24, 2.45) is 5.92 Å². The minimum atomic E-state index is 0.653. The molecule has 0 saturated heterocycles. The topological polar surface area (TPSA) is 15.3 Å². The molecule has 0 amide bonds. The van der Waals surface area contributed by atoms with Crippen LogP contribution in [-0.4, -0.2) is 32.1 Å². The molecule has 0 heterocycles. The van der Waals surface area contributed by atoms with E-state index in [1.54, 1.807) is 0 Å². The Bertz CT molecular complexity index is 382. The number of thioether (sulfide) groups is 1. The lowest BCUT2D eigenvalue weighted by Crippen LogP contribution is -2.24. The lowest BCUT2D eigenvalue weighted by molar-refractivity contribution is 0.552. The number of halogens is 1. The predicted molar refractivity (Wildman–Crippen MR) is 89.6 cm³/mol. The zero-order valence-corrected chi connectivity index (χ0v) is 13.9. The summed E-state index contributed by atoms with van der Waals surface area (Å²) in [5, 5.41) is 4.33. The molecule has 0 radical (unpaired) electrons. The predicted octanol–water partition coefficient (Wildman–Crippen LogP) is 3.88. The number of rotatable bonds is 8. The van der Waals surface area contributed by atoms with Crippen LogP contribution in [0.1, 0.15) is 19.4 Å². The number of anilines is 1. The second-order valence-electron chi connectivity index (χ2n) is 5.18. The highest BCUT2D eigenvalue weighted by atomic mass is 35.5. The molecule has 0 atom stereocenters. The van der Waals surface area contributed by atoms with Crippen LogP contribution >= 0.6 is 23.4 Å². The second kappa shape index (κ2) is 8.72. The van der Waals surface area contributed by atoms with E-state index in [2.05, 4.69) is 43.4 Å². The van der Waals surface area contributed by atoms with Crippen molar-refractivity contribution in [2.75, 3.05) is 37.0 Å². The molecule has 1 N–H and O–H groups in total. The quantitative estimate of drug-likeness (QED) is 0.784.